The maximum Gasteiger partial charge on any atom is 0.673 e. The maximum absolute atomic E-state index is 10.6. The van der Waals surface area contributed by atoms with Crippen LogP contribution in [0.1, 0.15) is 0 Å². The predicted octanol–water partition coefficient (Wildman–Crippen LogP) is 1.35. The molecule has 0 fully saturated rings. The van der Waals surface area contributed by atoms with Gasteiger partial charge in [0, 0.05) is 19.5 Å². The summed E-state index contributed by atoms with van der Waals surface area (Å²) in [4.78, 5) is 0. The molecule has 0 saturated carbocycles. The second-order valence-electron chi connectivity index (χ2n) is 0.548. The Morgan fingerprint density at radius 3 is 1.43 bits per heavy atom. The van der Waals surface area contributed by atoms with Crippen LogP contribution in [-0.2, 0) is 31.0 Å². The van der Waals surface area contributed by atoms with Gasteiger partial charge in [0.25, 0.3) is 0 Å². The van der Waals surface area contributed by atoms with E-state index >= 15 is 0 Å². The van der Waals surface area contributed by atoms with Crippen LogP contribution >= 0.6 is 0 Å². The molecule has 0 amide bonds. The monoisotopic (exact) mass is 180 g/mol. The summed E-state index contributed by atoms with van der Waals surface area (Å²) in [5.41, 5.74) is -4.38. The zero-order chi connectivity index (χ0) is 5.21. The molecule has 0 bridgehead atoms. The van der Waals surface area contributed by atoms with Crippen LogP contribution in [-0.4, -0.2) is 5.51 Å². The van der Waals surface area contributed by atoms with Crippen molar-refractivity contribution in [3.8, 4) is 0 Å². The van der Waals surface area contributed by atoms with E-state index in [4.69, 9.17) is 4.78 Å². The first-order valence-electron chi connectivity index (χ1n) is 0.975. The van der Waals surface area contributed by atoms with E-state index in [-0.39, 0.29) is 19.5 Å². The van der Waals surface area contributed by atoms with Gasteiger partial charge in [-0.15, -0.1) is 13.2 Å². The van der Waals surface area contributed by atoms with Crippen LogP contribution in [0.4, 0.5) is 13.2 Å². The molecule has 0 aliphatic heterocycles. The fraction of sp³-hybridized carbons (Fsp3) is 1.00. The van der Waals surface area contributed by atoms with E-state index in [1.54, 1.807) is 0 Å². The molecule has 0 saturated heterocycles. The summed E-state index contributed by atoms with van der Waals surface area (Å²) in [6, 6.07) is 0. The molecule has 38 valence electrons. The average Bonchev–Trinajstić information content (AvgIpc) is 1.35. The summed E-state index contributed by atoms with van der Waals surface area (Å²) in [6.07, 6.45) is 0. The summed E-state index contributed by atoms with van der Waals surface area (Å²) in [7, 11) is 0. The summed E-state index contributed by atoms with van der Waals surface area (Å²) >= 11 is -0.868. The van der Waals surface area contributed by atoms with Crippen LogP contribution in [0.3, 0.4) is 0 Å². The van der Waals surface area contributed by atoms with E-state index in [0.29, 0.717) is 0 Å². The second-order valence-corrected chi connectivity index (χ2v) is 1.21. The van der Waals surface area contributed by atoms with Gasteiger partial charge in [-0.3, -0.25) is 0 Å². The van der Waals surface area contributed by atoms with Gasteiger partial charge in [-0.1, -0.05) is 0 Å². The molecule has 0 aromatic heterocycles. The van der Waals surface area contributed by atoms with Gasteiger partial charge in [0.15, 0.2) is 0 Å². The molecule has 0 aromatic carbocycles. The maximum atomic E-state index is 10.6. The number of halogens is 3. The van der Waals surface area contributed by atoms with Gasteiger partial charge in [-0.25, -0.2) is 0 Å². The van der Waals surface area contributed by atoms with Crippen LogP contribution in [0, 0.1) is 4.78 Å². The van der Waals surface area contributed by atoms with Gasteiger partial charge in [-0.05, 0) is 4.78 Å². The molecule has 0 rings (SSSR count). The molecular formula is CHF3NSZn+. The van der Waals surface area contributed by atoms with Gasteiger partial charge < -0.3 is 0 Å². The van der Waals surface area contributed by atoms with Gasteiger partial charge in [0.1, 0.15) is 0 Å². The van der Waals surface area contributed by atoms with Crippen molar-refractivity contribution >= 4 is 11.6 Å². The van der Waals surface area contributed by atoms with Crippen molar-refractivity contribution < 1.29 is 32.6 Å². The van der Waals surface area contributed by atoms with Gasteiger partial charge in [0.2, 0.25) is 0 Å². The van der Waals surface area contributed by atoms with Crippen molar-refractivity contribution in [2.24, 2.45) is 0 Å². The zero-order valence-electron chi connectivity index (χ0n) is 3.25. The zero-order valence-corrected chi connectivity index (χ0v) is 7.03. The SMILES string of the molecule is N=[S+]C(F)(F)F.[Zn]. The van der Waals surface area contributed by atoms with Crippen LogP contribution in [0.15, 0.2) is 0 Å². The predicted molar refractivity (Wildman–Crippen MR) is 16.1 cm³/mol. The summed E-state index contributed by atoms with van der Waals surface area (Å²) in [5.74, 6) is 0. The third-order valence-corrected chi connectivity index (χ3v) is 0.347. The minimum Gasteiger partial charge on any atom is -0.112 e. The quantitative estimate of drug-likeness (QED) is 0.431. The molecule has 0 aromatic rings. The topological polar surface area (TPSA) is 23.9 Å². The molecule has 0 unspecified atom stereocenters. The molecule has 0 atom stereocenters. The minimum absolute atomic E-state index is 0. The van der Waals surface area contributed by atoms with Crippen LogP contribution in [0.5, 0.6) is 0 Å². The van der Waals surface area contributed by atoms with Crippen molar-refractivity contribution in [3.63, 3.8) is 0 Å². The summed E-state index contributed by atoms with van der Waals surface area (Å²) in [6.45, 7) is 0. The summed E-state index contributed by atoms with van der Waals surface area (Å²) in [5, 5.41) is 0. The van der Waals surface area contributed by atoms with E-state index in [1.807, 2.05) is 0 Å². The van der Waals surface area contributed by atoms with Crippen molar-refractivity contribution in [1.82, 2.24) is 0 Å². The number of hydrogen-bond acceptors (Lipinski definition) is 1. The fourth-order valence-corrected chi connectivity index (χ4v) is 0. The number of rotatable bonds is 0. The molecular weight excluding hydrogens is 180 g/mol. The fourth-order valence-electron chi connectivity index (χ4n) is 0. The molecule has 7 heavy (non-hydrogen) atoms. The Balaban J connectivity index is 0. The summed E-state index contributed by atoms with van der Waals surface area (Å²) < 4.78 is 37.3. The minimum atomic E-state index is -4.38. The Kier molecular flexibility index (Phi) is 5.12. The molecule has 0 aliphatic rings. The molecule has 0 radical (unpaired) electrons. The Hall–Kier alpha value is 0.433. The van der Waals surface area contributed by atoms with Crippen LogP contribution in [0.2, 0.25) is 0 Å². The Morgan fingerprint density at radius 2 is 1.43 bits per heavy atom. The smallest absolute Gasteiger partial charge is 0.112 e. The molecule has 0 aliphatic carbocycles. The van der Waals surface area contributed by atoms with Gasteiger partial charge >= 0.3 is 17.1 Å². The van der Waals surface area contributed by atoms with E-state index in [9.17, 15) is 13.2 Å². The third kappa shape index (κ3) is 10.7. The van der Waals surface area contributed by atoms with E-state index in [0.717, 1.165) is 0 Å². The first-order valence-corrected chi connectivity index (χ1v) is 1.79. The first-order chi connectivity index (χ1) is 2.56. The molecule has 0 spiro atoms. The van der Waals surface area contributed by atoms with Crippen molar-refractivity contribution in [2.45, 2.75) is 5.51 Å². The van der Waals surface area contributed by atoms with E-state index < -0.39 is 17.1 Å². The number of hydrogen-bond donors (Lipinski definition) is 1. The average molecular weight is 181 g/mol. The van der Waals surface area contributed by atoms with Gasteiger partial charge in [0.05, 0.1) is 0 Å². The van der Waals surface area contributed by atoms with Crippen molar-refractivity contribution in [1.29, 1.82) is 4.78 Å². The van der Waals surface area contributed by atoms with Crippen molar-refractivity contribution in [2.75, 3.05) is 0 Å². The van der Waals surface area contributed by atoms with Crippen LogP contribution < -0.4 is 0 Å². The first kappa shape index (κ1) is 10.4. The molecule has 0 heterocycles. The van der Waals surface area contributed by atoms with Crippen LogP contribution in [0.25, 0.3) is 0 Å². The number of alkyl halides is 3. The largest absolute Gasteiger partial charge is 0.673 e. The number of nitrogens with one attached hydrogen (secondary N) is 1. The van der Waals surface area contributed by atoms with E-state index in [2.05, 4.69) is 0 Å². The second kappa shape index (κ2) is 3.44. The molecule has 6 heteroatoms. The van der Waals surface area contributed by atoms with Crippen molar-refractivity contribution in [3.05, 3.63) is 0 Å². The Morgan fingerprint density at radius 1 is 1.29 bits per heavy atom. The Bertz CT molecular complexity index is 60.4. The van der Waals surface area contributed by atoms with E-state index in [1.165, 1.54) is 0 Å². The molecule has 1 nitrogen and oxygen atoms in total. The van der Waals surface area contributed by atoms with Gasteiger partial charge in [-0.2, -0.15) is 0 Å². The Labute approximate surface area is 55.0 Å². The molecule has 1 N–H and O–H groups in total. The standard InChI is InChI=1S/CHF3NS.Zn/c2-1(3,4)6-5;/h5H;/q+1;. The third-order valence-electron chi connectivity index (χ3n) is 0.116. The normalized spacial score (nSPS) is 9.57.